The largest absolute Gasteiger partial charge is 0.454 e. The summed E-state index contributed by atoms with van der Waals surface area (Å²) in [5.41, 5.74) is 4.79. The number of urea groups is 1. The number of fused-ring (bicyclic) bond motifs is 2. The van der Waals surface area contributed by atoms with Crippen molar-refractivity contribution in [1.29, 1.82) is 0 Å². The summed E-state index contributed by atoms with van der Waals surface area (Å²) in [4.78, 5) is 21.8. The lowest BCUT2D eigenvalue weighted by Gasteiger charge is -2.36. The molecule has 0 radical (unpaired) electrons. The smallest absolute Gasteiger partial charge is 0.321 e. The summed E-state index contributed by atoms with van der Waals surface area (Å²) < 4.78 is 6.27. The number of hydrogen-bond acceptors (Lipinski definition) is 4. The van der Waals surface area contributed by atoms with Crippen LogP contribution in [0.1, 0.15) is 16.7 Å². The van der Waals surface area contributed by atoms with Gasteiger partial charge in [-0.3, -0.25) is 0 Å². The Morgan fingerprint density at radius 3 is 2.36 bits per heavy atom. The number of halogens is 1. The molecule has 2 heterocycles. The number of aryl methyl sites for hydroxylation is 2. The topological polar surface area (TPSA) is 57.2 Å². The highest BCUT2D eigenvalue weighted by Crippen LogP contribution is 2.39. The van der Waals surface area contributed by atoms with E-state index in [-0.39, 0.29) is 6.03 Å². The second-order valence-electron chi connectivity index (χ2n) is 8.42. The number of ether oxygens (including phenoxy) is 1. The molecule has 2 aliphatic heterocycles. The van der Waals surface area contributed by atoms with Crippen molar-refractivity contribution in [3.05, 3.63) is 82.4 Å². The van der Waals surface area contributed by atoms with Gasteiger partial charge in [0.15, 0.2) is 5.75 Å². The molecule has 7 heteroatoms. The quantitative estimate of drug-likeness (QED) is 0.485. The van der Waals surface area contributed by atoms with Gasteiger partial charge in [0, 0.05) is 36.9 Å². The highest BCUT2D eigenvalue weighted by atomic mass is 35.5. The highest BCUT2D eigenvalue weighted by molar-refractivity contribution is 6.30. The minimum atomic E-state index is -0.111. The fourth-order valence-electron chi connectivity index (χ4n) is 4.09. The van der Waals surface area contributed by atoms with Gasteiger partial charge >= 0.3 is 6.03 Å². The van der Waals surface area contributed by atoms with Crippen molar-refractivity contribution in [1.82, 2.24) is 9.80 Å². The summed E-state index contributed by atoms with van der Waals surface area (Å²) in [5.74, 6) is 2.44. The van der Waals surface area contributed by atoms with Gasteiger partial charge in [0.1, 0.15) is 17.3 Å². The number of nitrogens with zero attached hydrogens (tertiary/aromatic N) is 3. The zero-order valence-corrected chi connectivity index (χ0v) is 19.4. The number of piperazine rings is 1. The molecule has 168 valence electrons. The van der Waals surface area contributed by atoms with Gasteiger partial charge in [-0.1, -0.05) is 29.3 Å². The maximum Gasteiger partial charge on any atom is 0.321 e. The van der Waals surface area contributed by atoms with Crippen molar-refractivity contribution >= 4 is 34.8 Å². The second kappa shape index (κ2) is 8.79. The Morgan fingerprint density at radius 1 is 0.909 bits per heavy atom. The lowest BCUT2D eigenvalue weighted by molar-refractivity contribution is 0.181. The maximum absolute atomic E-state index is 12.7. The molecule has 3 aromatic rings. The van der Waals surface area contributed by atoms with E-state index < -0.39 is 0 Å². The molecule has 3 aromatic carbocycles. The number of rotatable bonds is 1. The summed E-state index contributed by atoms with van der Waals surface area (Å²) in [7, 11) is 0. The molecule has 2 amide bonds. The first kappa shape index (κ1) is 21.3. The van der Waals surface area contributed by atoms with Crippen molar-refractivity contribution in [3.63, 3.8) is 0 Å². The molecule has 1 N–H and O–H groups in total. The molecule has 2 aliphatic rings. The molecule has 0 atom stereocenters. The molecule has 0 aliphatic carbocycles. The van der Waals surface area contributed by atoms with E-state index in [1.54, 1.807) is 24.3 Å². The minimum Gasteiger partial charge on any atom is -0.454 e. The zero-order valence-electron chi connectivity index (χ0n) is 18.6. The molecular weight excluding hydrogens is 436 g/mol. The first-order chi connectivity index (χ1) is 16.0. The van der Waals surface area contributed by atoms with Crippen LogP contribution in [0.25, 0.3) is 0 Å². The van der Waals surface area contributed by atoms with Gasteiger partial charge < -0.3 is 19.9 Å². The SMILES string of the molecule is Cc1ccc2c(c1)Oc1ccc(C)cc1C(N1CCN(C(=O)Nc3ccc(Cl)cc3)CC1)=N2. The lowest BCUT2D eigenvalue weighted by Crippen LogP contribution is -2.51. The van der Waals surface area contributed by atoms with E-state index in [2.05, 4.69) is 29.3 Å². The molecule has 5 rings (SSSR count). The van der Waals surface area contributed by atoms with Crippen LogP contribution in [-0.2, 0) is 0 Å². The van der Waals surface area contributed by atoms with E-state index in [0.29, 0.717) is 31.2 Å². The summed E-state index contributed by atoms with van der Waals surface area (Å²) in [6.45, 7) is 6.67. The van der Waals surface area contributed by atoms with Crippen LogP contribution < -0.4 is 10.1 Å². The Hall–Kier alpha value is -3.51. The third-order valence-corrected chi connectivity index (χ3v) is 6.15. The predicted octanol–water partition coefficient (Wildman–Crippen LogP) is 5.99. The van der Waals surface area contributed by atoms with Gasteiger partial charge in [0.05, 0.1) is 5.56 Å². The van der Waals surface area contributed by atoms with Crippen LogP contribution in [0.5, 0.6) is 11.5 Å². The number of benzene rings is 3. The van der Waals surface area contributed by atoms with Gasteiger partial charge in [-0.15, -0.1) is 0 Å². The third kappa shape index (κ3) is 4.52. The van der Waals surface area contributed by atoms with E-state index in [1.807, 2.05) is 36.1 Å². The van der Waals surface area contributed by atoms with Crippen LogP contribution in [0.15, 0.2) is 65.7 Å². The molecule has 33 heavy (non-hydrogen) atoms. The summed E-state index contributed by atoms with van der Waals surface area (Å²) in [6.07, 6.45) is 0. The Kier molecular flexibility index (Phi) is 5.68. The number of carbonyl (C=O) groups is 1. The highest BCUT2D eigenvalue weighted by Gasteiger charge is 2.27. The molecule has 1 fully saturated rings. The molecular formula is C26H25ClN4O2. The van der Waals surface area contributed by atoms with Crippen LogP contribution in [0, 0.1) is 13.8 Å². The number of hydrogen-bond donors (Lipinski definition) is 1. The van der Waals surface area contributed by atoms with Crippen molar-refractivity contribution in [2.45, 2.75) is 13.8 Å². The summed E-state index contributed by atoms with van der Waals surface area (Å²) in [6, 6.07) is 19.3. The summed E-state index contributed by atoms with van der Waals surface area (Å²) >= 11 is 5.93. The fraction of sp³-hybridized carbons (Fsp3) is 0.231. The number of anilines is 1. The van der Waals surface area contributed by atoms with Gasteiger partial charge in [0.25, 0.3) is 0 Å². The molecule has 0 saturated carbocycles. The standard InChI is InChI=1S/C26H25ClN4O2/c1-17-4-10-23-21(15-17)25(29-22-9-3-18(2)16-24(22)33-23)30-11-13-31(14-12-30)26(32)28-20-7-5-19(27)6-8-20/h3-10,15-16H,11-14H2,1-2H3,(H,28,32). The number of amidine groups is 1. The number of nitrogens with one attached hydrogen (secondary N) is 1. The number of amides is 2. The van der Waals surface area contributed by atoms with Crippen LogP contribution in [0.4, 0.5) is 16.2 Å². The van der Waals surface area contributed by atoms with Gasteiger partial charge in [0.2, 0.25) is 0 Å². The first-order valence-electron chi connectivity index (χ1n) is 11.0. The Morgan fingerprint density at radius 2 is 1.61 bits per heavy atom. The molecule has 0 aromatic heterocycles. The predicted molar refractivity (Wildman–Crippen MR) is 132 cm³/mol. The third-order valence-electron chi connectivity index (χ3n) is 5.90. The number of carbonyl (C=O) groups excluding carboxylic acids is 1. The van der Waals surface area contributed by atoms with E-state index in [4.69, 9.17) is 21.3 Å². The van der Waals surface area contributed by atoms with Gasteiger partial charge in [-0.05, 0) is 67.9 Å². The van der Waals surface area contributed by atoms with Crippen molar-refractivity contribution in [2.75, 3.05) is 31.5 Å². The molecule has 6 nitrogen and oxygen atoms in total. The van der Waals surface area contributed by atoms with Crippen LogP contribution in [-0.4, -0.2) is 47.8 Å². The van der Waals surface area contributed by atoms with Crippen LogP contribution >= 0.6 is 11.6 Å². The van der Waals surface area contributed by atoms with Crippen molar-refractivity contribution in [2.24, 2.45) is 4.99 Å². The zero-order chi connectivity index (χ0) is 22.9. The van der Waals surface area contributed by atoms with E-state index >= 15 is 0 Å². The van der Waals surface area contributed by atoms with Crippen LogP contribution in [0.3, 0.4) is 0 Å². The van der Waals surface area contributed by atoms with Crippen molar-refractivity contribution < 1.29 is 9.53 Å². The van der Waals surface area contributed by atoms with Crippen molar-refractivity contribution in [3.8, 4) is 11.5 Å². The fourth-order valence-corrected chi connectivity index (χ4v) is 4.22. The van der Waals surface area contributed by atoms with Gasteiger partial charge in [-0.25, -0.2) is 9.79 Å². The Balaban J connectivity index is 1.37. The first-order valence-corrected chi connectivity index (χ1v) is 11.4. The van der Waals surface area contributed by atoms with Crippen LogP contribution in [0.2, 0.25) is 5.02 Å². The summed E-state index contributed by atoms with van der Waals surface area (Å²) in [5, 5.41) is 3.58. The lowest BCUT2D eigenvalue weighted by atomic mass is 10.1. The Labute approximate surface area is 198 Å². The van der Waals surface area contributed by atoms with E-state index in [9.17, 15) is 4.79 Å². The normalized spacial score (nSPS) is 15.1. The molecule has 0 unspecified atom stereocenters. The minimum absolute atomic E-state index is 0.111. The van der Waals surface area contributed by atoms with E-state index in [0.717, 1.165) is 45.4 Å². The number of aliphatic imine (C=N–C) groups is 1. The Bertz CT molecular complexity index is 1230. The molecule has 1 saturated heterocycles. The monoisotopic (exact) mass is 460 g/mol. The average molecular weight is 461 g/mol. The van der Waals surface area contributed by atoms with Gasteiger partial charge in [-0.2, -0.15) is 0 Å². The molecule has 0 spiro atoms. The molecule has 0 bridgehead atoms. The van der Waals surface area contributed by atoms with E-state index in [1.165, 1.54) is 0 Å². The maximum atomic E-state index is 12.7. The second-order valence-corrected chi connectivity index (χ2v) is 8.86. The average Bonchev–Trinajstić information content (AvgIpc) is 2.97.